The molecule has 0 radical (unpaired) electrons. The topological polar surface area (TPSA) is 47.3 Å². The molecule has 16 heavy (non-hydrogen) atoms. The van der Waals surface area contributed by atoms with E-state index in [1.54, 1.807) is 7.11 Å². The molecule has 3 N–H and O–H groups in total. The molecule has 3 heteroatoms. The van der Waals surface area contributed by atoms with Gasteiger partial charge in [-0.3, -0.25) is 0 Å². The van der Waals surface area contributed by atoms with Crippen molar-refractivity contribution in [1.82, 2.24) is 5.32 Å². The van der Waals surface area contributed by atoms with Crippen LogP contribution in [0.3, 0.4) is 0 Å². The number of methoxy groups -OCH3 is 1. The van der Waals surface area contributed by atoms with Gasteiger partial charge >= 0.3 is 0 Å². The lowest BCUT2D eigenvalue weighted by Gasteiger charge is -2.29. The van der Waals surface area contributed by atoms with Gasteiger partial charge in [-0.15, -0.1) is 0 Å². The molecule has 1 rings (SSSR count). The average molecular weight is 224 g/mol. The summed E-state index contributed by atoms with van der Waals surface area (Å²) in [6, 6.07) is 0. The molecule has 0 saturated heterocycles. The Kier molecular flexibility index (Phi) is 5.56. The molecule has 0 spiro atoms. The quantitative estimate of drug-likeness (QED) is 0.650. The number of hydrogen-bond donors (Lipinski definition) is 2. The van der Waals surface area contributed by atoms with Crippen molar-refractivity contribution >= 4 is 0 Å². The first-order chi connectivity index (χ1) is 7.66. The molecular formula is C13H24N2O. The van der Waals surface area contributed by atoms with Crippen molar-refractivity contribution < 1.29 is 4.74 Å². The maximum Gasteiger partial charge on any atom is 0.0462 e. The van der Waals surface area contributed by atoms with Gasteiger partial charge in [0.25, 0.3) is 0 Å². The van der Waals surface area contributed by atoms with Crippen LogP contribution in [-0.4, -0.2) is 25.8 Å². The summed E-state index contributed by atoms with van der Waals surface area (Å²) in [5.74, 6) is 0. The van der Waals surface area contributed by atoms with Gasteiger partial charge in [-0.25, -0.2) is 0 Å². The lowest BCUT2D eigenvalue weighted by atomic mass is 9.92. The zero-order valence-electron chi connectivity index (χ0n) is 10.5. The van der Waals surface area contributed by atoms with Crippen LogP contribution in [0, 0.1) is 0 Å². The van der Waals surface area contributed by atoms with Gasteiger partial charge in [-0.05, 0) is 45.2 Å². The highest BCUT2D eigenvalue weighted by Crippen LogP contribution is 2.18. The fourth-order valence-electron chi connectivity index (χ4n) is 1.80. The molecule has 92 valence electrons. The van der Waals surface area contributed by atoms with Crippen LogP contribution in [-0.2, 0) is 4.74 Å². The van der Waals surface area contributed by atoms with E-state index in [2.05, 4.69) is 24.4 Å². The minimum atomic E-state index is 0.0874. The maximum absolute atomic E-state index is 5.70. The van der Waals surface area contributed by atoms with Gasteiger partial charge in [0.2, 0.25) is 0 Å². The summed E-state index contributed by atoms with van der Waals surface area (Å²) in [5, 5.41) is 3.57. The second-order valence-electron chi connectivity index (χ2n) is 4.64. The predicted octanol–water partition coefficient (Wildman–Crippen LogP) is 1.95. The summed E-state index contributed by atoms with van der Waals surface area (Å²) in [4.78, 5) is 0. The highest BCUT2D eigenvalue weighted by atomic mass is 16.5. The fraction of sp³-hybridized carbons (Fsp3) is 0.692. The van der Waals surface area contributed by atoms with E-state index in [1.807, 2.05) is 6.08 Å². The number of nitrogens with two attached hydrogens (primary N) is 1. The molecule has 0 heterocycles. The van der Waals surface area contributed by atoms with Crippen molar-refractivity contribution in [3.8, 4) is 0 Å². The van der Waals surface area contributed by atoms with Crippen molar-refractivity contribution in [2.75, 3.05) is 20.3 Å². The number of rotatable bonds is 7. The van der Waals surface area contributed by atoms with Gasteiger partial charge in [0.1, 0.15) is 0 Å². The minimum Gasteiger partial charge on any atom is -0.399 e. The first-order valence-corrected chi connectivity index (χ1v) is 6.05. The Labute approximate surface area is 98.7 Å². The maximum atomic E-state index is 5.70. The van der Waals surface area contributed by atoms with Crippen molar-refractivity contribution in [1.29, 1.82) is 0 Å². The number of ether oxygens (including phenoxy) is 1. The van der Waals surface area contributed by atoms with Gasteiger partial charge < -0.3 is 15.8 Å². The third kappa shape index (κ3) is 4.81. The van der Waals surface area contributed by atoms with Crippen LogP contribution in [0.15, 0.2) is 23.9 Å². The molecule has 0 amide bonds. The van der Waals surface area contributed by atoms with E-state index in [4.69, 9.17) is 10.5 Å². The van der Waals surface area contributed by atoms with E-state index in [0.29, 0.717) is 0 Å². The molecule has 0 saturated carbocycles. The Hall–Kier alpha value is -0.800. The monoisotopic (exact) mass is 224 g/mol. The summed E-state index contributed by atoms with van der Waals surface area (Å²) in [6.07, 6.45) is 10.8. The lowest BCUT2D eigenvalue weighted by molar-refractivity contribution is 0.192. The number of hydrogen-bond acceptors (Lipinski definition) is 3. The Morgan fingerprint density at radius 3 is 2.88 bits per heavy atom. The van der Waals surface area contributed by atoms with Gasteiger partial charge in [0.15, 0.2) is 0 Å². The fourth-order valence-corrected chi connectivity index (χ4v) is 1.80. The number of nitrogens with one attached hydrogen (secondary N) is 1. The minimum absolute atomic E-state index is 0.0874. The standard InChI is InChI=1S/C13H24N2O/c1-13(8-6-12(14)7-9-13)15-10-4-3-5-11-16-2/h6-8,15H,3-5,9-11,14H2,1-2H3/t13-/m1/s1. The molecule has 3 nitrogen and oxygen atoms in total. The molecule has 0 bridgehead atoms. The van der Waals surface area contributed by atoms with Crippen LogP contribution in [0.1, 0.15) is 32.6 Å². The highest BCUT2D eigenvalue weighted by Gasteiger charge is 2.20. The summed E-state index contributed by atoms with van der Waals surface area (Å²) in [5.41, 5.74) is 6.66. The van der Waals surface area contributed by atoms with Gasteiger partial charge in [0.05, 0.1) is 0 Å². The van der Waals surface area contributed by atoms with Crippen LogP contribution < -0.4 is 11.1 Å². The van der Waals surface area contributed by atoms with E-state index < -0.39 is 0 Å². The van der Waals surface area contributed by atoms with Gasteiger partial charge in [0, 0.05) is 25.0 Å². The molecule has 1 aliphatic carbocycles. The third-order valence-corrected chi connectivity index (χ3v) is 2.96. The van der Waals surface area contributed by atoms with Gasteiger partial charge in [-0.2, -0.15) is 0 Å². The van der Waals surface area contributed by atoms with Crippen LogP contribution in [0.2, 0.25) is 0 Å². The van der Waals surface area contributed by atoms with E-state index in [-0.39, 0.29) is 5.54 Å². The molecule has 0 fully saturated rings. The van der Waals surface area contributed by atoms with Crippen LogP contribution in [0.4, 0.5) is 0 Å². The van der Waals surface area contributed by atoms with E-state index in [0.717, 1.165) is 31.7 Å². The van der Waals surface area contributed by atoms with Crippen LogP contribution in [0.5, 0.6) is 0 Å². The molecule has 0 aromatic carbocycles. The third-order valence-electron chi connectivity index (χ3n) is 2.96. The predicted molar refractivity (Wildman–Crippen MR) is 68.2 cm³/mol. The second kappa shape index (κ2) is 6.71. The Morgan fingerprint density at radius 2 is 2.25 bits per heavy atom. The van der Waals surface area contributed by atoms with E-state index in [1.165, 1.54) is 12.8 Å². The first-order valence-electron chi connectivity index (χ1n) is 6.05. The Bertz CT molecular complexity index is 261. The first kappa shape index (κ1) is 13.3. The molecule has 0 unspecified atom stereocenters. The van der Waals surface area contributed by atoms with Crippen LogP contribution in [0.25, 0.3) is 0 Å². The van der Waals surface area contributed by atoms with Crippen molar-refractivity contribution in [2.45, 2.75) is 38.1 Å². The van der Waals surface area contributed by atoms with Crippen molar-refractivity contribution in [3.63, 3.8) is 0 Å². The Balaban J connectivity index is 2.11. The SMILES string of the molecule is COCCCCCN[C@]1(C)C=CC(N)=CC1. The summed E-state index contributed by atoms with van der Waals surface area (Å²) >= 11 is 0. The molecule has 1 atom stereocenters. The second-order valence-corrected chi connectivity index (χ2v) is 4.64. The Morgan fingerprint density at radius 1 is 1.44 bits per heavy atom. The normalized spacial score (nSPS) is 24.5. The molecule has 0 aliphatic heterocycles. The zero-order valence-corrected chi connectivity index (χ0v) is 10.5. The summed E-state index contributed by atoms with van der Waals surface area (Å²) in [7, 11) is 1.75. The number of unbranched alkanes of at least 4 members (excludes halogenated alkanes) is 2. The van der Waals surface area contributed by atoms with Crippen molar-refractivity contribution in [2.24, 2.45) is 5.73 Å². The summed E-state index contributed by atoms with van der Waals surface area (Å²) < 4.78 is 5.02. The number of allylic oxidation sites excluding steroid dienone is 1. The lowest BCUT2D eigenvalue weighted by Crippen LogP contribution is -2.41. The average Bonchev–Trinajstić information content (AvgIpc) is 2.28. The highest BCUT2D eigenvalue weighted by molar-refractivity contribution is 5.26. The largest absolute Gasteiger partial charge is 0.399 e. The molecular weight excluding hydrogens is 200 g/mol. The summed E-state index contributed by atoms with van der Waals surface area (Å²) in [6.45, 7) is 4.14. The van der Waals surface area contributed by atoms with Crippen molar-refractivity contribution in [3.05, 3.63) is 23.9 Å². The zero-order chi connectivity index (χ0) is 11.9. The molecule has 0 aromatic rings. The molecule has 1 aliphatic rings. The van der Waals surface area contributed by atoms with Gasteiger partial charge in [-0.1, -0.05) is 12.2 Å². The molecule has 0 aromatic heterocycles. The smallest absolute Gasteiger partial charge is 0.0462 e. The van der Waals surface area contributed by atoms with Crippen LogP contribution >= 0.6 is 0 Å². The van der Waals surface area contributed by atoms with E-state index in [9.17, 15) is 0 Å². The van der Waals surface area contributed by atoms with E-state index >= 15 is 0 Å².